The third-order valence-electron chi connectivity index (χ3n) is 14.0. The van der Waals surface area contributed by atoms with Crippen molar-refractivity contribution >= 4 is 89.0 Å². The van der Waals surface area contributed by atoms with Crippen LogP contribution in [0, 0.1) is 0 Å². The molecule has 0 bridgehead atoms. The quantitative estimate of drug-likeness (QED) is 0.157. The lowest BCUT2D eigenvalue weighted by Gasteiger charge is -2.12. The Morgan fingerprint density at radius 1 is 0.229 bits per heavy atom. The zero-order chi connectivity index (χ0) is 45.9. The van der Waals surface area contributed by atoms with Gasteiger partial charge in [0.2, 0.25) is 0 Å². The van der Waals surface area contributed by atoms with E-state index in [0.717, 1.165) is 0 Å². The van der Waals surface area contributed by atoms with Gasteiger partial charge in [-0.05, 0) is 107 Å². The molecule has 0 spiro atoms. The molecule has 70 heavy (non-hydrogen) atoms. The van der Waals surface area contributed by atoms with Gasteiger partial charge in [0.1, 0.15) is 0 Å². The van der Waals surface area contributed by atoms with E-state index in [1.165, 1.54) is 139 Å². The summed E-state index contributed by atoms with van der Waals surface area (Å²) in [6.07, 6.45) is 0. The highest BCUT2D eigenvalue weighted by atomic mass is 32.1. The molecule has 8 aromatic carbocycles. The zero-order valence-electron chi connectivity index (χ0n) is 37.5. The third-order valence-corrected chi connectivity index (χ3v) is 19.0. The Hall–Kier alpha value is -7.84. The summed E-state index contributed by atoms with van der Waals surface area (Å²) < 4.78 is 4.81. The highest BCUT2D eigenvalue weighted by Crippen LogP contribution is 2.60. The van der Waals surface area contributed by atoms with E-state index >= 15 is 0 Å². The van der Waals surface area contributed by atoms with Gasteiger partial charge in [-0.25, -0.2) is 0 Å². The molecule has 0 fully saturated rings. The van der Waals surface area contributed by atoms with E-state index in [2.05, 4.69) is 240 Å². The Kier molecular flexibility index (Phi) is 9.08. The molecule has 0 atom stereocenters. The Balaban J connectivity index is 0.973. The minimum atomic E-state index is 1.17. The molecule has 0 saturated carbocycles. The molecule has 0 aliphatic heterocycles. The molecule has 0 saturated heterocycles. The van der Waals surface area contributed by atoms with Crippen LogP contribution in [0.25, 0.3) is 139 Å². The minimum Gasteiger partial charge on any atom is -0.309 e. The maximum absolute atomic E-state index is 2.51. The number of fused-ring (bicyclic) bond motifs is 14. The van der Waals surface area contributed by atoms with E-state index in [-0.39, 0.29) is 0 Å². The summed E-state index contributed by atoms with van der Waals surface area (Å²) >= 11 is 7.74. The smallest absolute Gasteiger partial charge is 0.0541 e. The van der Waals surface area contributed by atoms with E-state index in [0.29, 0.717) is 0 Å². The van der Waals surface area contributed by atoms with Crippen LogP contribution in [0.1, 0.15) is 0 Å². The highest BCUT2D eigenvalue weighted by molar-refractivity contribution is 7.28. The lowest BCUT2D eigenvalue weighted by atomic mass is 9.94. The maximum Gasteiger partial charge on any atom is 0.0541 e. The summed E-state index contributed by atoms with van der Waals surface area (Å²) in [7, 11) is 0. The monoisotopic (exact) mass is 962 g/mol. The predicted octanol–water partition coefficient (Wildman–Crippen LogP) is 19.8. The summed E-state index contributed by atoms with van der Waals surface area (Å²) in [6.45, 7) is 0. The minimum absolute atomic E-state index is 1.17. The number of benzene rings is 8. The zero-order valence-corrected chi connectivity index (χ0v) is 40.7. The molecule has 6 heteroatoms. The molecule has 0 radical (unpaired) electrons. The van der Waals surface area contributed by atoms with Crippen LogP contribution in [0.4, 0.5) is 0 Å². The van der Waals surface area contributed by atoms with E-state index in [9.17, 15) is 0 Å². The molecule has 0 N–H and O–H groups in total. The summed E-state index contributed by atoms with van der Waals surface area (Å²) in [5.74, 6) is 0. The van der Waals surface area contributed by atoms with Gasteiger partial charge in [-0.15, -0.1) is 45.3 Å². The van der Waals surface area contributed by atoms with Gasteiger partial charge in [0.15, 0.2) is 0 Å². The van der Waals surface area contributed by atoms with Crippen molar-refractivity contribution in [3.8, 4) is 94.9 Å². The first-order valence-electron chi connectivity index (χ1n) is 23.6. The number of hydrogen-bond acceptors (Lipinski definition) is 4. The largest absolute Gasteiger partial charge is 0.309 e. The number of hydrogen-bond donors (Lipinski definition) is 0. The number of rotatable bonds is 6. The second-order valence-electron chi connectivity index (χ2n) is 18.0. The fourth-order valence-electron chi connectivity index (χ4n) is 10.8. The Morgan fingerprint density at radius 2 is 0.529 bits per heavy atom. The molecule has 1 aliphatic carbocycles. The Labute approximate surface area is 420 Å². The topological polar surface area (TPSA) is 9.86 Å². The fraction of sp³-hybridized carbons (Fsp3) is 0. The third kappa shape index (κ3) is 6.21. The molecule has 15 rings (SSSR count). The van der Waals surface area contributed by atoms with E-state index in [1.807, 2.05) is 45.3 Å². The number of thiophene rings is 4. The van der Waals surface area contributed by atoms with Crippen molar-refractivity contribution in [2.45, 2.75) is 0 Å². The van der Waals surface area contributed by atoms with E-state index in [1.54, 1.807) is 0 Å². The molecular formula is C64H38N2S4. The Bertz CT molecular complexity index is 4050. The Morgan fingerprint density at radius 3 is 0.900 bits per heavy atom. The van der Waals surface area contributed by atoms with Crippen LogP contribution >= 0.6 is 45.3 Å². The normalized spacial score (nSPS) is 12.0. The van der Waals surface area contributed by atoms with E-state index in [4.69, 9.17) is 0 Å². The molecule has 0 unspecified atom stereocenters. The maximum atomic E-state index is 2.51. The van der Waals surface area contributed by atoms with Gasteiger partial charge in [-0.3, -0.25) is 0 Å². The first-order valence-corrected chi connectivity index (χ1v) is 26.8. The van der Waals surface area contributed by atoms with Crippen molar-refractivity contribution in [2.24, 2.45) is 0 Å². The van der Waals surface area contributed by atoms with E-state index < -0.39 is 0 Å². The molecule has 6 aromatic heterocycles. The van der Waals surface area contributed by atoms with Crippen LogP contribution in [0.5, 0.6) is 0 Å². The fourth-order valence-corrected chi connectivity index (χ4v) is 15.8. The van der Waals surface area contributed by atoms with Gasteiger partial charge in [0.25, 0.3) is 0 Å². The first-order chi connectivity index (χ1) is 34.7. The van der Waals surface area contributed by atoms with Crippen molar-refractivity contribution in [2.75, 3.05) is 0 Å². The second kappa shape index (κ2) is 15.9. The SMILES string of the molecule is c1ccc(-c2cc3c(s2)-c2sc(-c4ccc5c(c4)c4ccccc4n5-c4ccccc4)cc2-c2cc(-c4ccc5c(c4)c4ccccc4n5-c4ccccc4)sc2-c2sc(-c4ccccc4)cc2-3)cc1. The predicted molar refractivity (Wildman–Crippen MR) is 304 cm³/mol. The van der Waals surface area contributed by atoms with Gasteiger partial charge in [0.05, 0.1) is 41.6 Å². The lowest BCUT2D eigenvalue weighted by Crippen LogP contribution is -1.92. The number of para-hydroxylation sites is 4. The first kappa shape index (κ1) is 40.1. The highest BCUT2D eigenvalue weighted by Gasteiger charge is 2.31. The van der Waals surface area contributed by atoms with Gasteiger partial charge >= 0.3 is 0 Å². The lowest BCUT2D eigenvalue weighted by molar-refractivity contribution is 1.18. The molecule has 14 aromatic rings. The van der Waals surface area contributed by atoms with Crippen LogP contribution in [-0.4, -0.2) is 9.13 Å². The van der Waals surface area contributed by atoms with Crippen LogP contribution in [0.3, 0.4) is 0 Å². The standard InChI is InChI=1S/C64H38N2S4/c1-5-17-39(18-6-1)57-35-49-50-36-58(40-19-7-2-8-20-40)68-62(50)64-52(38-60(70-64)42-30-32-56-48(34-42)46-26-14-16-28-54(46)66(56)44-23-11-4-12-24-44)51-37-59(69-63(51)61(49)67-57)41-29-31-55-47(33-41)45-25-13-15-27-53(45)65(55)43-21-9-3-10-22-43/h1-38H. The number of nitrogens with zero attached hydrogens (tertiary/aromatic N) is 2. The van der Waals surface area contributed by atoms with Crippen molar-refractivity contribution in [3.63, 3.8) is 0 Å². The van der Waals surface area contributed by atoms with Crippen molar-refractivity contribution < 1.29 is 0 Å². The molecule has 6 heterocycles. The van der Waals surface area contributed by atoms with Crippen LogP contribution in [-0.2, 0) is 0 Å². The molecular weight excluding hydrogens is 925 g/mol. The second-order valence-corrected chi connectivity index (χ2v) is 22.2. The van der Waals surface area contributed by atoms with Gasteiger partial charge in [-0.2, -0.15) is 0 Å². The average Bonchev–Trinajstić information content (AvgIpc) is 4.30. The summed E-state index contributed by atoms with van der Waals surface area (Å²) in [5.41, 5.74) is 17.4. The molecule has 0 amide bonds. The molecule has 2 nitrogen and oxygen atoms in total. The average molecular weight is 963 g/mol. The molecule has 1 aliphatic rings. The van der Waals surface area contributed by atoms with Crippen LogP contribution < -0.4 is 0 Å². The van der Waals surface area contributed by atoms with Gasteiger partial charge in [0, 0.05) is 74.7 Å². The summed E-state index contributed by atoms with van der Waals surface area (Å²) in [6, 6.07) is 85.2. The van der Waals surface area contributed by atoms with Crippen LogP contribution in [0.15, 0.2) is 231 Å². The van der Waals surface area contributed by atoms with Crippen LogP contribution in [0.2, 0.25) is 0 Å². The van der Waals surface area contributed by atoms with Gasteiger partial charge < -0.3 is 9.13 Å². The van der Waals surface area contributed by atoms with Crippen molar-refractivity contribution in [3.05, 3.63) is 231 Å². The number of aromatic nitrogens is 2. The van der Waals surface area contributed by atoms with Crippen molar-refractivity contribution in [1.29, 1.82) is 0 Å². The van der Waals surface area contributed by atoms with Crippen molar-refractivity contribution in [1.82, 2.24) is 9.13 Å². The molecule has 328 valence electrons. The van der Waals surface area contributed by atoms with Gasteiger partial charge in [-0.1, -0.05) is 146 Å². The summed E-state index contributed by atoms with van der Waals surface area (Å²) in [4.78, 5) is 10.4. The summed E-state index contributed by atoms with van der Waals surface area (Å²) in [5, 5.41) is 5.05.